The number of ether oxygens (including phenoxy) is 1. The first-order chi connectivity index (χ1) is 14.5. The van der Waals surface area contributed by atoms with Crippen LogP contribution >= 0.6 is 0 Å². The summed E-state index contributed by atoms with van der Waals surface area (Å²) in [5.74, 6) is -0.478. The van der Waals surface area contributed by atoms with E-state index in [1.807, 2.05) is 53.1 Å². The third-order valence-electron chi connectivity index (χ3n) is 5.90. The lowest BCUT2D eigenvalue weighted by molar-refractivity contribution is -0.111. The van der Waals surface area contributed by atoms with E-state index in [1.54, 1.807) is 20.1 Å². The van der Waals surface area contributed by atoms with Crippen molar-refractivity contribution < 1.29 is 19.1 Å². The minimum absolute atomic E-state index is 0.130. The number of benzene rings is 2. The summed E-state index contributed by atoms with van der Waals surface area (Å²) < 4.78 is 7.08. The standard InChI is InChI=1S/C25H19NO4/c1-14-13-20-21(25(29)23(14)27)19-12-7-15-5-3-4-6-18(15)24(28)22(19)26(20)16-8-10-17(30-2)11-9-16/h3-6,8-11,13H,7,12H2,1-2H3. The highest BCUT2D eigenvalue weighted by molar-refractivity contribution is 6.52. The summed E-state index contributed by atoms with van der Waals surface area (Å²) in [4.78, 5) is 39.1. The summed E-state index contributed by atoms with van der Waals surface area (Å²) in [6, 6.07) is 14.9. The molecule has 0 radical (unpaired) electrons. The molecule has 0 spiro atoms. The van der Waals surface area contributed by atoms with Gasteiger partial charge in [0.2, 0.25) is 17.3 Å². The second-order valence-electron chi connectivity index (χ2n) is 7.59. The van der Waals surface area contributed by atoms with E-state index in [2.05, 4.69) is 0 Å². The van der Waals surface area contributed by atoms with E-state index in [4.69, 9.17) is 4.74 Å². The van der Waals surface area contributed by atoms with Gasteiger partial charge in [-0.05, 0) is 61.2 Å². The number of aryl methyl sites for hydroxylation is 1. The maximum absolute atomic E-state index is 13.7. The predicted octanol–water partition coefficient (Wildman–Crippen LogP) is 3.98. The fourth-order valence-corrected chi connectivity index (χ4v) is 4.42. The normalized spacial score (nSPS) is 15.1. The molecule has 0 aliphatic heterocycles. The lowest BCUT2D eigenvalue weighted by Crippen LogP contribution is -2.21. The van der Waals surface area contributed by atoms with Crippen LogP contribution in [0.2, 0.25) is 0 Å². The minimum Gasteiger partial charge on any atom is -0.497 e. The number of carbonyl (C=O) groups excluding carboxylic acids is 3. The van der Waals surface area contributed by atoms with Crippen LogP contribution in [0.5, 0.6) is 5.75 Å². The molecule has 3 aromatic rings. The Balaban J connectivity index is 1.85. The summed E-state index contributed by atoms with van der Waals surface area (Å²) in [5.41, 5.74) is 4.79. The molecule has 0 fully saturated rings. The van der Waals surface area contributed by atoms with Crippen molar-refractivity contribution in [3.8, 4) is 11.4 Å². The van der Waals surface area contributed by atoms with E-state index >= 15 is 0 Å². The number of carbonyl (C=O) groups is 3. The zero-order valence-corrected chi connectivity index (χ0v) is 16.7. The van der Waals surface area contributed by atoms with Gasteiger partial charge in [-0.3, -0.25) is 14.4 Å². The van der Waals surface area contributed by atoms with E-state index in [-0.39, 0.29) is 5.78 Å². The molecule has 5 heteroatoms. The molecular formula is C25H19NO4. The van der Waals surface area contributed by atoms with Gasteiger partial charge in [0.15, 0.2) is 0 Å². The van der Waals surface area contributed by atoms with E-state index in [9.17, 15) is 14.4 Å². The molecule has 0 unspecified atom stereocenters. The number of ketones is 3. The first-order valence-electron chi connectivity index (χ1n) is 9.83. The number of rotatable bonds is 2. The monoisotopic (exact) mass is 397 g/mol. The van der Waals surface area contributed by atoms with Crippen LogP contribution in [-0.2, 0) is 17.6 Å². The van der Waals surface area contributed by atoms with Crippen molar-refractivity contribution in [2.24, 2.45) is 0 Å². The van der Waals surface area contributed by atoms with Crippen LogP contribution in [0.25, 0.3) is 11.8 Å². The Bertz CT molecular complexity index is 1280. The fraction of sp³-hybridized carbons (Fsp3) is 0.160. The molecule has 0 saturated carbocycles. The number of Topliss-reactive ketones (excluding diaryl/α,β-unsaturated/α-hetero) is 2. The molecule has 2 aliphatic rings. The van der Waals surface area contributed by atoms with Crippen molar-refractivity contribution >= 4 is 23.4 Å². The van der Waals surface area contributed by atoms with E-state index in [1.165, 1.54) is 0 Å². The molecule has 0 amide bonds. The number of hydrogen-bond donors (Lipinski definition) is 0. The van der Waals surface area contributed by atoms with Gasteiger partial charge < -0.3 is 9.30 Å². The number of nitrogens with zero attached hydrogens (tertiary/aromatic N) is 1. The van der Waals surface area contributed by atoms with Gasteiger partial charge in [0.1, 0.15) is 5.75 Å². The zero-order chi connectivity index (χ0) is 21.0. The lowest BCUT2D eigenvalue weighted by atomic mass is 9.91. The van der Waals surface area contributed by atoms with Gasteiger partial charge in [-0.25, -0.2) is 0 Å². The first-order valence-corrected chi connectivity index (χ1v) is 9.83. The van der Waals surface area contributed by atoms with Crippen molar-refractivity contribution in [3.05, 3.63) is 87.7 Å². The van der Waals surface area contributed by atoms with Crippen molar-refractivity contribution in [1.82, 2.24) is 4.57 Å². The van der Waals surface area contributed by atoms with E-state index in [0.717, 1.165) is 11.3 Å². The van der Waals surface area contributed by atoms with Gasteiger partial charge in [0.25, 0.3) is 0 Å². The molecule has 5 nitrogen and oxygen atoms in total. The van der Waals surface area contributed by atoms with Gasteiger partial charge in [-0.2, -0.15) is 0 Å². The highest BCUT2D eigenvalue weighted by Gasteiger charge is 2.37. The van der Waals surface area contributed by atoms with Crippen molar-refractivity contribution in [2.75, 3.05) is 7.11 Å². The topological polar surface area (TPSA) is 65.4 Å². The Hall–Kier alpha value is -3.73. The average Bonchev–Trinajstić information content (AvgIpc) is 3.02. The maximum atomic E-state index is 13.7. The van der Waals surface area contributed by atoms with Crippen LogP contribution in [0.15, 0.2) is 54.1 Å². The number of fused-ring (bicyclic) bond motifs is 4. The molecule has 0 bridgehead atoms. The second kappa shape index (κ2) is 6.66. The van der Waals surface area contributed by atoms with Crippen molar-refractivity contribution in [3.63, 3.8) is 0 Å². The minimum atomic E-state index is -0.535. The summed E-state index contributed by atoms with van der Waals surface area (Å²) in [6.07, 6.45) is 2.88. The SMILES string of the molecule is COc1ccc(-n2c3c(c4c2C(=O)c2ccccc2CC4)C(=O)C(=O)C(C)=C3)cc1. The summed E-state index contributed by atoms with van der Waals surface area (Å²) in [6.45, 7) is 1.64. The highest BCUT2D eigenvalue weighted by Crippen LogP contribution is 2.37. The van der Waals surface area contributed by atoms with Crippen LogP contribution in [-0.4, -0.2) is 29.0 Å². The van der Waals surface area contributed by atoms with Crippen LogP contribution in [0.4, 0.5) is 0 Å². The Morgan fingerprint density at radius 3 is 2.33 bits per heavy atom. The predicted molar refractivity (Wildman–Crippen MR) is 113 cm³/mol. The quantitative estimate of drug-likeness (QED) is 0.614. The third-order valence-corrected chi connectivity index (χ3v) is 5.90. The first kappa shape index (κ1) is 18.3. The van der Waals surface area contributed by atoms with Crippen LogP contribution in [0.3, 0.4) is 0 Å². The maximum Gasteiger partial charge on any atom is 0.235 e. The van der Waals surface area contributed by atoms with E-state index < -0.39 is 11.6 Å². The van der Waals surface area contributed by atoms with Gasteiger partial charge in [0, 0.05) is 16.8 Å². The number of allylic oxidation sites excluding steroid dienone is 1. The molecule has 5 rings (SSSR count). The Morgan fingerprint density at radius 1 is 0.867 bits per heavy atom. The third kappa shape index (κ3) is 2.52. The number of aromatic nitrogens is 1. The van der Waals surface area contributed by atoms with Crippen LogP contribution < -0.4 is 4.74 Å². The molecule has 30 heavy (non-hydrogen) atoms. The van der Waals surface area contributed by atoms with Crippen LogP contribution in [0, 0.1) is 0 Å². The molecule has 148 valence electrons. The zero-order valence-electron chi connectivity index (χ0n) is 16.7. The molecule has 1 aromatic heterocycles. The Labute approximate surface area is 173 Å². The Morgan fingerprint density at radius 2 is 1.60 bits per heavy atom. The molecule has 0 saturated heterocycles. The number of hydrogen-bond acceptors (Lipinski definition) is 4. The lowest BCUT2D eigenvalue weighted by Gasteiger charge is -2.15. The molecule has 0 N–H and O–H groups in total. The van der Waals surface area contributed by atoms with Gasteiger partial charge in [-0.1, -0.05) is 24.3 Å². The van der Waals surface area contributed by atoms with Crippen molar-refractivity contribution in [1.29, 1.82) is 0 Å². The van der Waals surface area contributed by atoms with Gasteiger partial charge >= 0.3 is 0 Å². The van der Waals surface area contributed by atoms with E-state index in [0.29, 0.717) is 52.2 Å². The summed E-state index contributed by atoms with van der Waals surface area (Å²) >= 11 is 0. The van der Waals surface area contributed by atoms with Crippen molar-refractivity contribution in [2.45, 2.75) is 19.8 Å². The summed E-state index contributed by atoms with van der Waals surface area (Å²) in [7, 11) is 1.59. The van der Waals surface area contributed by atoms with Gasteiger partial charge in [0.05, 0.1) is 24.1 Å². The number of methoxy groups -OCH3 is 1. The fourth-order valence-electron chi connectivity index (χ4n) is 4.42. The molecule has 2 aromatic carbocycles. The average molecular weight is 397 g/mol. The smallest absolute Gasteiger partial charge is 0.235 e. The second-order valence-corrected chi connectivity index (χ2v) is 7.59. The molecule has 2 aliphatic carbocycles. The Kier molecular flexibility index (Phi) is 4.07. The van der Waals surface area contributed by atoms with Crippen LogP contribution in [0.1, 0.15) is 50.2 Å². The molecular weight excluding hydrogens is 378 g/mol. The largest absolute Gasteiger partial charge is 0.497 e. The molecule has 0 atom stereocenters. The molecule has 1 heterocycles. The summed E-state index contributed by atoms with van der Waals surface area (Å²) in [5, 5.41) is 0. The van der Waals surface area contributed by atoms with Gasteiger partial charge in [-0.15, -0.1) is 0 Å². The highest BCUT2D eigenvalue weighted by atomic mass is 16.5.